The Balaban J connectivity index is 1.89. The highest BCUT2D eigenvalue weighted by Gasteiger charge is 2.17. The van der Waals surface area contributed by atoms with Crippen molar-refractivity contribution in [3.05, 3.63) is 64.2 Å². The van der Waals surface area contributed by atoms with Crippen LogP contribution in [0.25, 0.3) is 0 Å². The van der Waals surface area contributed by atoms with Gasteiger partial charge in [0.2, 0.25) is 0 Å². The first kappa shape index (κ1) is 14.1. The van der Waals surface area contributed by atoms with Crippen LogP contribution < -0.4 is 16.0 Å². The summed E-state index contributed by atoms with van der Waals surface area (Å²) in [4.78, 5) is 0. The van der Waals surface area contributed by atoms with E-state index in [2.05, 4.69) is 55.7 Å². The van der Waals surface area contributed by atoms with E-state index in [-0.39, 0.29) is 6.04 Å². The zero-order chi connectivity index (χ0) is 14.8. The smallest absolute Gasteiger partial charge is 0.122 e. The minimum atomic E-state index is 0.121. The van der Waals surface area contributed by atoms with Gasteiger partial charge in [-0.15, -0.1) is 0 Å². The van der Waals surface area contributed by atoms with Gasteiger partial charge >= 0.3 is 0 Å². The lowest BCUT2D eigenvalue weighted by Crippen LogP contribution is -2.30. The molecule has 21 heavy (non-hydrogen) atoms. The van der Waals surface area contributed by atoms with Crippen LogP contribution >= 0.6 is 0 Å². The van der Waals surface area contributed by atoms with Gasteiger partial charge in [0, 0.05) is 6.42 Å². The Morgan fingerprint density at radius 1 is 1.19 bits per heavy atom. The monoisotopic (exact) mass is 282 g/mol. The molecule has 0 aromatic heterocycles. The Labute approximate surface area is 126 Å². The molecule has 0 bridgehead atoms. The second-order valence-electron chi connectivity index (χ2n) is 5.76. The van der Waals surface area contributed by atoms with Gasteiger partial charge in [0.05, 0.1) is 12.6 Å². The van der Waals surface area contributed by atoms with E-state index < -0.39 is 0 Å². The lowest BCUT2D eigenvalue weighted by molar-refractivity contribution is 0.356. The van der Waals surface area contributed by atoms with Crippen molar-refractivity contribution < 1.29 is 4.74 Å². The summed E-state index contributed by atoms with van der Waals surface area (Å²) < 4.78 is 5.57. The van der Waals surface area contributed by atoms with Gasteiger partial charge in [-0.1, -0.05) is 30.3 Å². The van der Waals surface area contributed by atoms with Gasteiger partial charge in [0.25, 0.3) is 0 Å². The minimum Gasteiger partial charge on any atom is -0.493 e. The third-order valence-electron chi connectivity index (χ3n) is 4.37. The standard InChI is InChI=1S/C18H22N2O/c1-12-4-3-5-13(2)16(12)11-17(20-19)14-6-7-18-15(10-14)8-9-21-18/h3-7,10,17,20H,8-9,11,19H2,1-2H3. The number of benzene rings is 2. The molecule has 2 aromatic rings. The van der Waals surface area contributed by atoms with Crippen LogP contribution in [0.4, 0.5) is 0 Å². The first-order valence-corrected chi connectivity index (χ1v) is 7.46. The average Bonchev–Trinajstić information content (AvgIpc) is 2.94. The molecule has 1 unspecified atom stereocenters. The summed E-state index contributed by atoms with van der Waals surface area (Å²) >= 11 is 0. The number of nitrogens with one attached hydrogen (secondary N) is 1. The summed E-state index contributed by atoms with van der Waals surface area (Å²) in [5, 5.41) is 0. The SMILES string of the molecule is Cc1cccc(C)c1CC(NN)c1ccc2c(c1)CCO2. The molecular weight excluding hydrogens is 260 g/mol. The topological polar surface area (TPSA) is 47.3 Å². The van der Waals surface area contributed by atoms with E-state index >= 15 is 0 Å². The van der Waals surface area contributed by atoms with Crippen molar-refractivity contribution in [2.24, 2.45) is 5.84 Å². The normalized spacial score (nSPS) is 14.6. The Morgan fingerprint density at radius 3 is 2.67 bits per heavy atom. The van der Waals surface area contributed by atoms with Crippen molar-refractivity contribution in [3.8, 4) is 5.75 Å². The molecule has 1 aliphatic heterocycles. The highest BCUT2D eigenvalue weighted by molar-refractivity contribution is 5.42. The molecule has 110 valence electrons. The lowest BCUT2D eigenvalue weighted by Gasteiger charge is -2.20. The van der Waals surface area contributed by atoms with Gasteiger partial charge in [-0.25, -0.2) is 0 Å². The molecule has 0 amide bonds. The third-order valence-corrected chi connectivity index (χ3v) is 4.37. The number of hydrogen-bond acceptors (Lipinski definition) is 3. The molecule has 0 saturated carbocycles. The number of fused-ring (bicyclic) bond motifs is 1. The summed E-state index contributed by atoms with van der Waals surface area (Å²) in [6.07, 6.45) is 1.89. The zero-order valence-corrected chi connectivity index (χ0v) is 12.6. The summed E-state index contributed by atoms with van der Waals surface area (Å²) in [6.45, 7) is 5.11. The van der Waals surface area contributed by atoms with Crippen molar-refractivity contribution in [1.82, 2.24) is 5.43 Å². The van der Waals surface area contributed by atoms with E-state index in [0.717, 1.165) is 25.2 Å². The zero-order valence-electron chi connectivity index (χ0n) is 12.6. The molecule has 3 rings (SSSR count). The Hall–Kier alpha value is -1.84. The van der Waals surface area contributed by atoms with E-state index in [9.17, 15) is 0 Å². The first-order chi connectivity index (χ1) is 10.2. The van der Waals surface area contributed by atoms with Crippen molar-refractivity contribution in [2.45, 2.75) is 32.7 Å². The molecule has 2 aromatic carbocycles. The number of aryl methyl sites for hydroxylation is 2. The Bertz CT molecular complexity index is 631. The molecule has 0 spiro atoms. The fourth-order valence-corrected chi connectivity index (χ4v) is 3.07. The van der Waals surface area contributed by atoms with Crippen LogP contribution in [0.1, 0.15) is 33.9 Å². The second kappa shape index (κ2) is 5.88. The van der Waals surface area contributed by atoms with Crippen molar-refractivity contribution in [3.63, 3.8) is 0 Å². The van der Waals surface area contributed by atoms with E-state index in [1.807, 2.05) is 0 Å². The third kappa shape index (κ3) is 2.80. The summed E-state index contributed by atoms with van der Waals surface area (Å²) in [7, 11) is 0. The van der Waals surface area contributed by atoms with Gasteiger partial charge in [-0.2, -0.15) is 0 Å². The summed E-state index contributed by atoms with van der Waals surface area (Å²) in [5.74, 6) is 6.83. The maximum absolute atomic E-state index is 5.82. The van der Waals surface area contributed by atoms with Gasteiger partial charge < -0.3 is 4.74 Å². The molecule has 0 radical (unpaired) electrons. The van der Waals surface area contributed by atoms with Crippen LogP contribution in [0, 0.1) is 13.8 Å². The molecular formula is C18H22N2O. The number of ether oxygens (including phenoxy) is 1. The molecule has 0 saturated heterocycles. The van der Waals surface area contributed by atoms with Gasteiger partial charge in [-0.3, -0.25) is 11.3 Å². The fourth-order valence-electron chi connectivity index (χ4n) is 3.07. The highest BCUT2D eigenvalue weighted by atomic mass is 16.5. The molecule has 3 N–H and O–H groups in total. The molecule has 3 nitrogen and oxygen atoms in total. The predicted molar refractivity (Wildman–Crippen MR) is 85.3 cm³/mol. The van der Waals surface area contributed by atoms with Crippen LogP contribution in [-0.2, 0) is 12.8 Å². The highest BCUT2D eigenvalue weighted by Crippen LogP contribution is 2.30. The van der Waals surface area contributed by atoms with E-state index in [4.69, 9.17) is 10.6 Å². The molecule has 1 aliphatic rings. The molecule has 0 aliphatic carbocycles. The first-order valence-electron chi connectivity index (χ1n) is 7.46. The Morgan fingerprint density at radius 2 is 1.95 bits per heavy atom. The van der Waals surface area contributed by atoms with Crippen molar-refractivity contribution in [1.29, 1.82) is 0 Å². The summed E-state index contributed by atoms with van der Waals surface area (Å²) in [5.41, 5.74) is 9.50. The van der Waals surface area contributed by atoms with Crippen molar-refractivity contribution in [2.75, 3.05) is 6.61 Å². The van der Waals surface area contributed by atoms with E-state index in [1.165, 1.54) is 27.8 Å². The Kier molecular flexibility index (Phi) is 3.95. The van der Waals surface area contributed by atoms with Crippen LogP contribution in [0.2, 0.25) is 0 Å². The maximum Gasteiger partial charge on any atom is 0.122 e. The van der Waals surface area contributed by atoms with Crippen LogP contribution in [-0.4, -0.2) is 6.61 Å². The number of nitrogens with two attached hydrogens (primary N) is 1. The molecule has 1 heterocycles. The number of rotatable bonds is 4. The van der Waals surface area contributed by atoms with Crippen LogP contribution in [0.3, 0.4) is 0 Å². The maximum atomic E-state index is 5.82. The lowest BCUT2D eigenvalue weighted by atomic mass is 9.92. The quantitative estimate of drug-likeness (QED) is 0.669. The van der Waals surface area contributed by atoms with Gasteiger partial charge in [0.15, 0.2) is 0 Å². The number of hydrogen-bond donors (Lipinski definition) is 2. The molecule has 0 fully saturated rings. The average molecular weight is 282 g/mol. The molecule has 3 heteroatoms. The fraction of sp³-hybridized carbons (Fsp3) is 0.333. The summed E-state index contributed by atoms with van der Waals surface area (Å²) in [6, 6.07) is 12.9. The van der Waals surface area contributed by atoms with Gasteiger partial charge in [-0.05, 0) is 54.2 Å². The minimum absolute atomic E-state index is 0.121. The predicted octanol–water partition coefficient (Wildman–Crippen LogP) is 2.99. The van der Waals surface area contributed by atoms with Gasteiger partial charge in [0.1, 0.15) is 5.75 Å². The van der Waals surface area contributed by atoms with Crippen molar-refractivity contribution >= 4 is 0 Å². The number of hydrazine groups is 1. The van der Waals surface area contributed by atoms with Crippen LogP contribution in [0.5, 0.6) is 5.75 Å². The van der Waals surface area contributed by atoms with E-state index in [0.29, 0.717) is 0 Å². The molecule has 1 atom stereocenters. The van der Waals surface area contributed by atoms with E-state index in [1.54, 1.807) is 0 Å². The van der Waals surface area contributed by atoms with Crippen LogP contribution in [0.15, 0.2) is 36.4 Å². The largest absolute Gasteiger partial charge is 0.493 e. The second-order valence-corrected chi connectivity index (χ2v) is 5.76.